The van der Waals surface area contributed by atoms with Gasteiger partial charge in [0.05, 0.1) is 31.2 Å². The van der Waals surface area contributed by atoms with Crippen LogP contribution in [0.15, 0.2) is 89.5 Å². The van der Waals surface area contributed by atoms with Crippen molar-refractivity contribution in [3.63, 3.8) is 0 Å². The number of halogens is 1. The molecule has 0 fully saturated rings. The number of hydrogen-bond acceptors (Lipinski definition) is 7. The molecule has 0 aliphatic heterocycles. The number of likely N-dealkylation sites (N-methyl/N-ethyl adjacent to an activating group) is 1. The fourth-order valence-electron chi connectivity index (χ4n) is 5.71. The Labute approximate surface area is 322 Å². The van der Waals surface area contributed by atoms with Crippen molar-refractivity contribution in [1.29, 1.82) is 0 Å². The molecule has 53 heavy (non-hydrogen) atoms. The van der Waals surface area contributed by atoms with Crippen molar-refractivity contribution < 1.29 is 23.9 Å². The molecule has 286 valence electrons. The molecule has 0 radical (unpaired) electrons. The Morgan fingerprint density at radius 3 is 2.08 bits per heavy atom. The van der Waals surface area contributed by atoms with Crippen LogP contribution in [0.3, 0.4) is 0 Å². The summed E-state index contributed by atoms with van der Waals surface area (Å²) in [7, 11) is 3.12. The maximum atomic E-state index is 14.1. The lowest BCUT2D eigenvalue weighted by Gasteiger charge is -2.28. The third-order valence-corrected chi connectivity index (χ3v) is 9.44. The van der Waals surface area contributed by atoms with E-state index in [0.717, 1.165) is 21.3 Å². The Morgan fingerprint density at radius 1 is 0.868 bits per heavy atom. The van der Waals surface area contributed by atoms with Gasteiger partial charge in [-0.3, -0.25) is 19.2 Å². The molecule has 4 amide bonds. The number of nitrogens with one attached hydrogen (secondary N) is 5. The SMILES string of the molecule is C=C(NCC)[C@@H](NC(=O)[C@H](C)NC[C@H](Cc1ccccc1)NC(=O)c1cc(C(=O)N[C@H](C)c2ccc(Br)cc2)cc(N(C)C(=O)CCOC)c1)C(C)C. The number of benzene rings is 3. The summed E-state index contributed by atoms with van der Waals surface area (Å²) >= 11 is 3.44. The second kappa shape index (κ2) is 21.2. The molecule has 0 saturated heterocycles. The zero-order chi connectivity index (χ0) is 39.1. The van der Waals surface area contributed by atoms with Crippen molar-refractivity contribution in [2.45, 2.75) is 71.6 Å². The van der Waals surface area contributed by atoms with Crippen LogP contribution in [0.2, 0.25) is 0 Å². The number of carbonyl (C=O) groups excluding carboxylic acids is 4. The van der Waals surface area contributed by atoms with Gasteiger partial charge in [0.2, 0.25) is 11.8 Å². The molecular formula is C41H55BrN6O5. The highest BCUT2D eigenvalue weighted by Gasteiger charge is 2.25. The van der Waals surface area contributed by atoms with Crippen LogP contribution >= 0.6 is 15.9 Å². The molecule has 3 rings (SSSR count). The van der Waals surface area contributed by atoms with E-state index in [2.05, 4.69) is 49.1 Å². The second-order valence-electron chi connectivity index (χ2n) is 13.5. The van der Waals surface area contributed by atoms with Crippen molar-refractivity contribution in [3.8, 4) is 0 Å². The molecule has 0 heterocycles. The number of hydrogen-bond donors (Lipinski definition) is 5. The molecule has 0 bridgehead atoms. The maximum absolute atomic E-state index is 14.1. The quantitative estimate of drug-likeness (QED) is 0.102. The van der Waals surface area contributed by atoms with Crippen molar-refractivity contribution in [2.24, 2.45) is 5.92 Å². The molecule has 0 aliphatic carbocycles. The van der Waals surface area contributed by atoms with Gasteiger partial charge >= 0.3 is 0 Å². The van der Waals surface area contributed by atoms with Gasteiger partial charge in [0, 0.05) is 60.3 Å². The summed E-state index contributed by atoms with van der Waals surface area (Å²) < 4.78 is 6.02. The van der Waals surface area contributed by atoms with Crippen LogP contribution in [0.4, 0.5) is 5.69 Å². The Hall–Kier alpha value is -4.52. The summed E-state index contributed by atoms with van der Waals surface area (Å²) in [5.41, 5.74) is 3.48. The van der Waals surface area contributed by atoms with Gasteiger partial charge in [-0.25, -0.2) is 0 Å². The summed E-state index contributed by atoms with van der Waals surface area (Å²) in [6.45, 7) is 15.0. The Balaban J connectivity index is 1.88. The first-order chi connectivity index (χ1) is 25.2. The van der Waals surface area contributed by atoms with Crippen molar-refractivity contribution in [2.75, 3.05) is 38.8 Å². The standard InChI is InChI=1S/C41H55BrN6O5/c1-9-43-28(5)38(26(2)3)47-39(50)29(6)44-25-35(21-30-13-11-10-12-14-30)46-41(52)33-22-32(23-36(24-33)48(7)37(49)19-20-53-8)40(51)45-27(4)31-15-17-34(42)18-16-31/h10-18,22-24,26-27,29,35,38,43-44H,5,9,19-21,25H2,1-4,6-8H3,(H,45,51)(H,46,52)(H,47,50)/t27-,29+,35+,38+/m1/s1. The summed E-state index contributed by atoms with van der Waals surface area (Å²) in [6, 6.07) is 20.5. The zero-order valence-corrected chi connectivity index (χ0v) is 33.5. The highest BCUT2D eigenvalue weighted by Crippen LogP contribution is 2.22. The minimum atomic E-state index is -0.570. The number of carbonyl (C=O) groups is 4. The van der Waals surface area contributed by atoms with Gasteiger partial charge in [-0.05, 0) is 74.6 Å². The maximum Gasteiger partial charge on any atom is 0.251 e. The first-order valence-corrected chi connectivity index (χ1v) is 18.8. The molecular weight excluding hydrogens is 736 g/mol. The number of nitrogens with zero attached hydrogens (tertiary/aromatic N) is 1. The molecule has 0 aromatic heterocycles. The molecule has 12 heteroatoms. The van der Waals surface area contributed by atoms with Crippen LogP contribution in [0.25, 0.3) is 0 Å². The fourth-order valence-corrected chi connectivity index (χ4v) is 5.97. The molecule has 0 saturated carbocycles. The topological polar surface area (TPSA) is 141 Å². The van der Waals surface area contributed by atoms with E-state index in [9.17, 15) is 19.2 Å². The van der Waals surface area contributed by atoms with Gasteiger partial charge in [-0.15, -0.1) is 0 Å². The highest BCUT2D eigenvalue weighted by atomic mass is 79.9. The van der Waals surface area contributed by atoms with Crippen LogP contribution in [0.1, 0.15) is 78.9 Å². The zero-order valence-electron chi connectivity index (χ0n) is 31.9. The van der Waals surface area contributed by atoms with E-state index in [0.29, 0.717) is 18.7 Å². The molecule has 3 aromatic rings. The summed E-state index contributed by atoms with van der Waals surface area (Å²) in [4.78, 5) is 55.4. The van der Waals surface area contributed by atoms with Crippen LogP contribution < -0.4 is 31.5 Å². The average molecular weight is 792 g/mol. The Bertz CT molecular complexity index is 1680. The van der Waals surface area contributed by atoms with Crippen molar-refractivity contribution in [1.82, 2.24) is 26.6 Å². The number of ether oxygens (including phenoxy) is 1. The number of methoxy groups -OCH3 is 1. The summed E-state index contributed by atoms with van der Waals surface area (Å²) in [6.07, 6.45) is 0.607. The molecule has 5 N–H and O–H groups in total. The largest absolute Gasteiger partial charge is 0.387 e. The van der Waals surface area contributed by atoms with Gasteiger partial charge < -0.3 is 36.2 Å². The predicted molar refractivity (Wildman–Crippen MR) is 215 cm³/mol. The predicted octanol–water partition coefficient (Wildman–Crippen LogP) is 5.52. The van der Waals surface area contributed by atoms with Gasteiger partial charge in [0.15, 0.2) is 0 Å². The van der Waals surface area contributed by atoms with Crippen LogP contribution in [-0.4, -0.2) is 75.6 Å². The minimum Gasteiger partial charge on any atom is -0.387 e. The van der Waals surface area contributed by atoms with Crippen LogP contribution in [-0.2, 0) is 20.7 Å². The smallest absolute Gasteiger partial charge is 0.251 e. The molecule has 0 spiro atoms. The second-order valence-corrected chi connectivity index (χ2v) is 14.4. The Morgan fingerprint density at radius 2 is 1.49 bits per heavy atom. The van der Waals surface area contributed by atoms with E-state index in [4.69, 9.17) is 4.74 Å². The molecule has 0 unspecified atom stereocenters. The Kier molecular flexibility index (Phi) is 17.2. The van der Waals surface area contributed by atoms with Crippen LogP contribution in [0, 0.1) is 5.92 Å². The summed E-state index contributed by atoms with van der Waals surface area (Å²) in [5, 5.41) is 15.7. The third kappa shape index (κ3) is 13.4. The number of amides is 4. The monoisotopic (exact) mass is 790 g/mol. The average Bonchev–Trinajstić information content (AvgIpc) is 3.14. The van der Waals surface area contributed by atoms with E-state index >= 15 is 0 Å². The number of anilines is 1. The van der Waals surface area contributed by atoms with E-state index < -0.39 is 23.9 Å². The highest BCUT2D eigenvalue weighted by molar-refractivity contribution is 9.10. The van der Waals surface area contributed by atoms with Gasteiger partial charge in [0.1, 0.15) is 0 Å². The first kappa shape index (κ1) is 42.9. The van der Waals surface area contributed by atoms with Gasteiger partial charge in [0.25, 0.3) is 11.8 Å². The van der Waals surface area contributed by atoms with E-state index in [1.54, 1.807) is 26.1 Å². The minimum absolute atomic E-state index is 0.128. The fraction of sp³-hybridized carbons (Fsp3) is 0.415. The van der Waals surface area contributed by atoms with Crippen molar-refractivity contribution >= 4 is 45.2 Å². The molecule has 3 aromatic carbocycles. The van der Waals surface area contributed by atoms with E-state index in [1.165, 1.54) is 18.1 Å². The van der Waals surface area contributed by atoms with Gasteiger partial charge in [-0.1, -0.05) is 78.8 Å². The summed E-state index contributed by atoms with van der Waals surface area (Å²) in [5.74, 6) is -1.11. The van der Waals surface area contributed by atoms with E-state index in [1.807, 2.05) is 82.3 Å². The number of rotatable bonds is 20. The molecule has 4 atom stereocenters. The first-order valence-electron chi connectivity index (χ1n) is 18.0. The van der Waals surface area contributed by atoms with Gasteiger partial charge in [-0.2, -0.15) is 0 Å². The lowest BCUT2D eigenvalue weighted by atomic mass is 10.0. The third-order valence-electron chi connectivity index (χ3n) is 8.91. The lowest BCUT2D eigenvalue weighted by molar-refractivity contribution is -0.123. The van der Waals surface area contributed by atoms with E-state index in [-0.39, 0.29) is 60.5 Å². The lowest BCUT2D eigenvalue weighted by Crippen LogP contribution is -2.53. The van der Waals surface area contributed by atoms with Crippen LogP contribution in [0.5, 0.6) is 0 Å². The molecule has 0 aliphatic rings. The molecule has 11 nitrogen and oxygen atoms in total. The normalized spacial score (nSPS) is 13.3. The van der Waals surface area contributed by atoms with Crippen molar-refractivity contribution in [3.05, 3.63) is 112 Å².